The highest BCUT2D eigenvalue weighted by atomic mass is 35.5. The number of hydrogen-bond acceptors (Lipinski definition) is 2. The van der Waals surface area contributed by atoms with Crippen molar-refractivity contribution < 1.29 is 0 Å². The molecular weight excluding hydrogens is 195 g/mol. The predicted octanol–water partition coefficient (Wildman–Crippen LogP) is 1.66. The lowest BCUT2D eigenvalue weighted by Crippen LogP contribution is -2.47. The van der Waals surface area contributed by atoms with Gasteiger partial charge in [-0.15, -0.1) is 24.8 Å². The summed E-state index contributed by atoms with van der Waals surface area (Å²) < 4.78 is 0. The standard InChI is InChI=1S/C8H18N2.2ClH/c1-10(2)8(7-9)5-3-4-6-8;;/h3-7,9H2,1-2H3;2*1H. The van der Waals surface area contributed by atoms with Crippen LogP contribution in [0.25, 0.3) is 0 Å². The van der Waals surface area contributed by atoms with E-state index in [0.29, 0.717) is 5.54 Å². The largest absolute Gasteiger partial charge is 0.329 e. The zero-order valence-electron chi connectivity index (χ0n) is 7.88. The normalized spacial score (nSPS) is 20.0. The zero-order valence-corrected chi connectivity index (χ0v) is 9.51. The summed E-state index contributed by atoms with van der Waals surface area (Å²) in [5.41, 5.74) is 6.08. The third-order valence-corrected chi connectivity index (χ3v) is 2.86. The first-order valence-corrected chi connectivity index (χ1v) is 4.09. The zero-order chi connectivity index (χ0) is 7.61. The van der Waals surface area contributed by atoms with Gasteiger partial charge in [0.25, 0.3) is 0 Å². The van der Waals surface area contributed by atoms with Gasteiger partial charge in [-0.05, 0) is 26.9 Å². The minimum Gasteiger partial charge on any atom is -0.329 e. The van der Waals surface area contributed by atoms with Crippen LogP contribution < -0.4 is 5.73 Å². The van der Waals surface area contributed by atoms with E-state index in [1.54, 1.807) is 0 Å². The first kappa shape index (κ1) is 15.0. The van der Waals surface area contributed by atoms with Crippen molar-refractivity contribution in [2.75, 3.05) is 20.6 Å². The Morgan fingerprint density at radius 1 is 1.17 bits per heavy atom. The van der Waals surface area contributed by atoms with E-state index in [1.165, 1.54) is 25.7 Å². The average Bonchev–Trinajstić information content (AvgIpc) is 2.35. The van der Waals surface area contributed by atoms with E-state index < -0.39 is 0 Å². The van der Waals surface area contributed by atoms with Crippen molar-refractivity contribution in [3.05, 3.63) is 0 Å². The average molecular weight is 215 g/mol. The molecule has 1 fully saturated rings. The summed E-state index contributed by atoms with van der Waals surface area (Å²) in [6, 6.07) is 0. The van der Waals surface area contributed by atoms with E-state index in [9.17, 15) is 0 Å². The van der Waals surface area contributed by atoms with E-state index in [1.807, 2.05) is 0 Å². The van der Waals surface area contributed by atoms with Crippen LogP contribution in [0.4, 0.5) is 0 Å². The Balaban J connectivity index is 0. The molecule has 76 valence electrons. The Morgan fingerprint density at radius 3 is 1.75 bits per heavy atom. The van der Waals surface area contributed by atoms with Crippen molar-refractivity contribution in [3.63, 3.8) is 0 Å². The third-order valence-electron chi connectivity index (χ3n) is 2.86. The molecule has 0 unspecified atom stereocenters. The van der Waals surface area contributed by atoms with E-state index >= 15 is 0 Å². The highest BCUT2D eigenvalue weighted by Gasteiger charge is 2.33. The van der Waals surface area contributed by atoms with Crippen LogP contribution in [0.2, 0.25) is 0 Å². The van der Waals surface area contributed by atoms with Gasteiger partial charge < -0.3 is 10.6 Å². The van der Waals surface area contributed by atoms with Gasteiger partial charge in [0, 0.05) is 12.1 Å². The van der Waals surface area contributed by atoms with Gasteiger partial charge in [-0.25, -0.2) is 0 Å². The molecule has 12 heavy (non-hydrogen) atoms. The third kappa shape index (κ3) is 2.77. The molecular formula is C8H20Cl2N2. The van der Waals surface area contributed by atoms with Gasteiger partial charge in [-0.1, -0.05) is 12.8 Å². The molecule has 0 aromatic rings. The van der Waals surface area contributed by atoms with Crippen LogP contribution in [-0.2, 0) is 0 Å². The van der Waals surface area contributed by atoms with Gasteiger partial charge in [-0.3, -0.25) is 0 Å². The van der Waals surface area contributed by atoms with E-state index in [4.69, 9.17) is 5.73 Å². The summed E-state index contributed by atoms with van der Waals surface area (Å²) >= 11 is 0. The van der Waals surface area contributed by atoms with Gasteiger partial charge in [0.2, 0.25) is 0 Å². The van der Waals surface area contributed by atoms with Gasteiger partial charge in [0.1, 0.15) is 0 Å². The Hall–Kier alpha value is 0.500. The molecule has 0 amide bonds. The number of halogens is 2. The van der Waals surface area contributed by atoms with Crippen LogP contribution in [0.15, 0.2) is 0 Å². The molecule has 0 bridgehead atoms. The molecule has 1 aliphatic carbocycles. The van der Waals surface area contributed by atoms with Crippen molar-refractivity contribution in [3.8, 4) is 0 Å². The molecule has 0 aliphatic heterocycles. The highest BCUT2D eigenvalue weighted by molar-refractivity contribution is 5.85. The smallest absolute Gasteiger partial charge is 0.0325 e. The highest BCUT2D eigenvalue weighted by Crippen LogP contribution is 2.32. The lowest BCUT2D eigenvalue weighted by Gasteiger charge is -2.34. The van der Waals surface area contributed by atoms with Gasteiger partial charge in [-0.2, -0.15) is 0 Å². The van der Waals surface area contributed by atoms with Crippen molar-refractivity contribution in [2.24, 2.45) is 5.73 Å². The van der Waals surface area contributed by atoms with Crippen LogP contribution in [0, 0.1) is 0 Å². The summed E-state index contributed by atoms with van der Waals surface area (Å²) in [7, 11) is 4.27. The second-order valence-electron chi connectivity index (χ2n) is 3.53. The number of rotatable bonds is 2. The second kappa shape index (κ2) is 6.03. The summed E-state index contributed by atoms with van der Waals surface area (Å²) in [6.07, 6.45) is 5.29. The molecule has 0 heterocycles. The summed E-state index contributed by atoms with van der Waals surface area (Å²) in [5.74, 6) is 0. The molecule has 0 spiro atoms. The Morgan fingerprint density at radius 2 is 1.58 bits per heavy atom. The summed E-state index contributed by atoms with van der Waals surface area (Å²) in [6.45, 7) is 0.819. The molecule has 1 saturated carbocycles. The van der Waals surface area contributed by atoms with Crippen molar-refractivity contribution in [2.45, 2.75) is 31.2 Å². The van der Waals surface area contributed by atoms with Gasteiger partial charge in [0.05, 0.1) is 0 Å². The predicted molar refractivity (Wildman–Crippen MR) is 58.4 cm³/mol. The minimum absolute atomic E-state index is 0. The van der Waals surface area contributed by atoms with Crippen molar-refractivity contribution >= 4 is 24.8 Å². The molecule has 0 atom stereocenters. The maximum absolute atomic E-state index is 5.73. The maximum Gasteiger partial charge on any atom is 0.0325 e. The van der Waals surface area contributed by atoms with Crippen molar-refractivity contribution in [1.82, 2.24) is 4.90 Å². The first-order chi connectivity index (χ1) is 4.71. The number of nitrogens with zero attached hydrogens (tertiary/aromatic N) is 1. The van der Waals surface area contributed by atoms with Crippen LogP contribution in [0.1, 0.15) is 25.7 Å². The number of nitrogens with two attached hydrogens (primary N) is 1. The monoisotopic (exact) mass is 214 g/mol. The van der Waals surface area contributed by atoms with E-state index in [0.717, 1.165) is 6.54 Å². The Bertz CT molecular complexity index is 112. The Labute approximate surface area is 87.7 Å². The van der Waals surface area contributed by atoms with Crippen LogP contribution >= 0.6 is 24.8 Å². The number of likely N-dealkylation sites (N-methyl/N-ethyl adjacent to an activating group) is 1. The van der Waals surface area contributed by atoms with Crippen LogP contribution in [0.5, 0.6) is 0 Å². The maximum atomic E-state index is 5.73. The lowest BCUT2D eigenvalue weighted by molar-refractivity contribution is 0.167. The topological polar surface area (TPSA) is 29.3 Å². The minimum atomic E-state index is 0. The second-order valence-corrected chi connectivity index (χ2v) is 3.53. The molecule has 1 rings (SSSR count). The van der Waals surface area contributed by atoms with E-state index in [2.05, 4.69) is 19.0 Å². The molecule has 0 aromatic carbocycles. The molecule has 0 radical (unpaired) electrons. The van der Waals surface area contributed by atoms with Crippen LogP contribution in [-0.4, -0.2) is 31.1 Å². The van der Waals surface area contributed by atoms with Crippen LogP contribution in [0.3, 0.4) is 0 Å². The van der Waals surface area contributed by atoms with Gasteiger partial charge in [0.15, 0.2) is 0 Å². The van der Waals surface area contributed by atoms with Gasteiger partial charge >= 0.3 is 0 Å². The molecule has 2 N–H and O–H groups in total. The lowest BCUT2D eigenvalue weighted by atomic mass is 9.97. The summed E-state index contributed by atoms with van der Waals surface area (Å²) in [5, 5.41) is 0. The fourth-order valence-electron chi connectivity index (χ4n) is 1.87. The molecule has 0 saturated heterocycles. The van der Waals surface area contributed by atoms with Crippen molar-refractivity contribution in [1.29, 1.82) is 0 Å². The quantitative estimate of drug-likeness (QED) is 0.759. The first-order valence-electron chi connectivity index (χ1n) is 4.09. The SMILES string of the molecule is CN(C)C1(CN)CCCC1.Cl.Cl. The molecule has 4 heteroatoms. The number of hydrogen-bond donors (Lipinski definition) is 1. The molecule has 1 aliphatic rings. The van der Waals surface area contributed by atoms with E-state index in [-0.39, 0.29) is 24.8 Å². The summed E-state index contributed by atoms with van der Waals surface area (Å²) in [4.78, 5) is 2.29. The Kier molecular flexibility index (Phi) is 7.54. The molecule has 2 nitrogen and oxygen atoms in total. The fraction of sp³-hybridized carbons (Fsp3) is 1.00. The molecule has 0 aromatic heterocycles. The fourth-order valence-corrected chi connectivity index (χ4v) is 1.87.